The number of thioether (sulfide) groups is 1. The predicted molar refractivity (Wildman–Crippen MR) is 107 cm³/mol. The quantitative estimate of drug-likeness (QED) is 0.660. The second-order valence-corrected chi connectivity index (χ2v) is 7.93. The molecule has 1 aliphatic rings. The molecule has 0 saturated carbocycles. The number of carbonyl (C=O) groups is 1. The summed E-state index contributed by atoms with van der Waals surface area (Å²) in [7, 11) is 1.66. The molecule has 0 aliphatic carbocycles. The van der Waals surface area contributed by atoms with Crippen molar-refractivity contribution >= 4 is 40.2 Å². The van der Waals surface area contributed by atoms with Gasteiger partial charge in [0.2, 0.25) is 0 Å². The average molecular weight is 422 g/mol. The van der Waals surface area contributed by atoms with Crippen LogP contribution >= 0.6 is 23.4 Å². The lowest BCUT2D eigenvalue weighted by molar-refractivity contribution is 0.0747. The van der Waals surface area contributed by atoms with E-state index >= 15 is 0 Å². The van der Waals surface area contributed by atoms with Crippen molar-refractivity contribution in [3.05, 3.63) is 56.8 Å². The Kier molecular flexibility index (Phi) is 4.63. The molecule has 1 amide bonds. The second kappa shape index (κ2) is 6.86. The number of hydrogen-bond acceptors (Lipinski definition) is 4. The molecule has 0 spiro atoms. The molecule has 6 nitrogen and oxygen atoms in total. The first-order valence-corrected chi connectivity index (χ1v) is 10.2. The zero-order valence-electron chi connectivity index (χ0n) is 15.2. The number of rotatable bonds is 3. The van der Waals surface area contributed by atoms with Gasteiger partial charge >= 0.3 is 0 Å². The predicted octanol–water partition coefficient (Wildman–Crippen LogP) is 3.16. The first-order valence-electron chi connectivity index (χ1n) is 8.55. The van der Waals surface area contributed by atoms with Gasteiger partial charge in [0.05, 0.1) is 17.1 Å². The highest BCUT2D eigenvalue weighted by molar-refractivity contribution is 7.98. The Bertz CT molecular complexity index is 1190. The summed E-state index contributed by atoms with van der Waals surface area (Å²) in [4.78, 5) is 28.0. The third kappa shape index (κ3) is 2.79. The first-order chi connectivity index (χ1) is 13.3. The van der Waals surface area contributed by atoms with Gasteiger partial charge in [-0.15, -0.1) is 11.8 Å². The first kappa shape index (κ1) is 18.9. The summed E-state index contributed by atoms with van der Waals surface area (Å²) in [6.45, 7) is 1.16. The Morgan fingerprint density at radius 2 is 2.04 bits per heavy atom. The Morgan fingerprint density at radius 3 is 2.71 bits per heavy atom. The van der Waals surface area contributed by atoms with Gasteiger partial charge in [-0.3, -0.25) is 9.59 Å². The summed E-state index contributed by atoms with van der Waals surface area (Å²) in [5.74, 6) is -1.14. The fourth-order valence-corrected chi connectivity index (χ4v) is 4.38. The molecule has 0 radical (unpaired) electrons. The van der Waals surface area contributed by atoms with E-state index in [1.165, 1.54) is 33.4 Å². The molecule has 146 valence electrons. The van der Waals surface area contributed by atoms with E-state index in [1.54, 1.807) is 23.9 Å². The molecular formula is C19H17ClFN3O3S. The number of benzene rings is 1. The van der Waals surface area contributed by atoms with Crippen LogP contribution in [0.5, 0.6) is 5.75 Å². The molecule has 9 heteroatoms. The number of pyridine rings is 1. The van der Waals surface area contributed by atoms with Gasteiger partial charge in [-0.2, -0.15) is 0 Å². The molecule has 1 N–H and O–H groups in total. The number of nitrogens with zero attached hydrogens (tertiary/aromatic N) is 3. The van der Waals surface area contributed by atoms with Crippen molar-refractivity contribution in [1.82, 2.24) is 14.0 Å². The molecule has 1 aromatic carbocycles. The van der Waals surface area contributed by atoms with Crippen LogP contribution < -0.4 is 5.56 Å². The molecule has 4 rings (SSSR count). The van der Waals surface area contributed by atoms with E-state index in [2.05, 4.69) is 0 Å². The van der Waals surface area contributed by atoms with Gasteiger partial charge < -0.3 is 19.1 Å². The summed E-state index contributed by atoms with van der Waals surface area (Å²) < 4.78 is 16.6. The van der Waals surface area contributed by atoms with Crippen molar-refractivity contribution in [1.29, 1.82) is 0 Å². The minimum Gasteiger partial charge on any atom is -0.505 e. The second-order valence-electron chi connectivity index (χ2n) is 6.68. The van der Waals surface area contributed by atoms with Gasteiger partial charge in [-0.25, -0.2) is 4.39 Å². The number of amides is 1. The van der Waals surface area contributed by atoms with Gasteiger partial charge in [0.25, 0.3) is 11.5 Å². The molecular weight excluding hydrogens is 405 g/mol. The van der Waals surface area contributed by atoms with E-state index in [1.807, 2.05) is 6.26 Å². The van der Waals surface area contributed by atoms with Crippen molar-refractivity contribution in [3.8, 4) is 5.75 Å². The molecule has 0 saturated heterocycles. The van der Waals surface area contributed by atoms with Gasteiger partial charge in [0.1, 0.15) is 11.2 Å². The Hall–Kier alpha value is -2.45. The molecule has 3 heterocycles. The fraction of sp³-hybridized carbons (Fsp3) is 0.263. The van der Waals surface area contributed by atoms with Crippen LogP contribution in [0, 0.1) is 5.82 Å². The van der Waals surface area contributed by atoms with Crippen LogP contribution in [0.3, 0.4) is 0 Å². The van der Waals surface area contributed by atoms with E-state index in [4.69, 9.17) is 11.6 Å². The van der Waals surface area contributed by atoms with Gasteiger partial charge in [-0.05, 0) is 24.0 Å². The van der Waals surface area contributed by atoms with Gasteiger partial charge in [0, 0.05) is 31.2 Å². The molecule has 2 aromatic heterocycles. The van der Waals surface area contributed by atoms with Crippen LogP contribution in [0.25, 0.3) is 10.9 Å². The highest BCUT2D eigenvalue weighted by Gasteiger charge is 2.32. The Balaban J connectivity index is 1.94. The normalized spacial score (nSPS) is 14.0. The average Bonchev–Trinajstić information content (AvgIpc) is 2.97. The van der Waals surface area contributed by atoms with Crippen LogP contribution in [0.2, 0.25) is 5.02 Å². The van der Waals surface area contributed by atoms with Crippen LogP contribution in [0.1, 0.15) is 16.1 Å². The van der Waals surface area contributed by atoms with Crippen molar-refractivity contribution in [2.75, 3.05) is 19.8 Å². The van der Waals surface area contributed by atoms with Crippen molar-refractivity contribution in [2.45, 2.75) is 18.0 Å². The molecule has 28 heavy (non-hydrogen) atoms. The largest absolute Gasteiger partial charge is 0.505 e. The van der Waals surface area contributed by atoms with Crippen molar-refractivity contribution in [3.63, 3.8) is 0 Å². The van der Waals surface area contributed by atoms with Crippen molar-refractivity contribution < 1.29 is 14.3 Å². The highest BCUT2D eigenvalue weighted by atomic mass is 35.5. The summed E-state index contributed by atoms with van der Waals surface area (Å²) in [5, 5.41) is 10.8. The Morgan fingerprint density at radius 1 is 1.29 bits per heavy atom. The lowest BCUT2D eigenvalue weighted by Crippen LogP contribution is -2.36. The van der Waals surface area contributed by atoms with E-state index in [9.17, 15) is 19.1 Å². The standard InChI is InChI=1S/C19H17ClFN3O3S/c1-22-5-6-24-15-13(28-2)9-23(8-10-3-4-12(21)11(20)7-10)18(26)14(15)17(25)16(24)19(22)27/h3-4,7,9,25H,5-6,8H2,1-2H3. The third-order valence-corrected chi connectivity index (χ3v) is 6.01. The molecule has 0 unspecified atom stereocenters. The summed E-state index contributed by atoms with van der Waals surface area (Å²) in [6, 6.07) is 4.27. The number of carbonyl (C=O) groups excluding carboxylic acids is 1. The monoisotopic (exact) mass is 421 g/mol. The smallest absolute Gasteiger partial charge is 0.274 e. The zero-order chi connectivity index (χ0) is 20.2. The molecule has 1 aliphatic heterocycles. The molecule has 0 fully saturated rings. The molecule has 0 bridgehead atoms. The maximum atomic E-state index is 13.4. The summed E-state index contributed by atoms with van der Waals surface area (Å²) in [6.07, 6.45) is 3.56. The Labute approximate surface area is 169 Å². The summed E-state index contributed by atoms with van der Waals surface area (Å²) >= 11 is 7.27. The highest BCUT2D eigenvalue weighted by Crippen LogP contribution is 2.37. The number of aromatic nitrogens is 2. The van der Waals surface area contributed by atoms with Crippen LogP contribution in [-0.4, -0.2) is 44.9 Å². The maximum absolute atomic E-state index is 13.4. The number of likely N-dealkylation sites (N-methyl/N-ethyl adjacent to an activating group) is 1. The fourth-order valence-electron chi connectivity index (χ4n) is 3.54. The van der Waals surface area contributed by atoms with Crippen molar-refractivity contribution in [2.24, 2.45) is 0 Å². The van der Waals surface area contributed by atoms with Crippen LogP contribution in [0.4, 0.5) is 4.39 Å². The lowest BCUT2D eigenvalue weighted by Gasteiger charge is -2.25. The van der Waals surface area contributed by atoms with Crippen LogP contribution in [0.15, 0.2) is 34.1 Å². The zero-order valence-corrected chi connectivity index (χ0v) is 16.8. The molecule has 0 atom stereocenters. The number of halogens is 2. The number of fused-ring (bicyclic) bond motifs is 3. The number of aromatic hydroxyl groups is 1. The van der Waals surface area contributed by atoms with E-state index < -0.39 is 11.4 Å². The lowest BCUT2D eigenvalue weighted by atomic mass is 10.2. The van der Waals surface area contributed by atoms with E-state index in [-0.39, 0.29) is 34.3 Å². The third-order valence-electron chi connectivity index (χ3n) is 4.98. The molecule has 3 aromatic rings. The van der Waals surface area contributed by atoms with E-state index in [0.717, 1.165) is 4.90 Å². The van der Waals surface area contributed by atoms with Gasteiger partial charge in [0.15, 0.2) is 11.4 Å². The van der Waals surface area contributed by atoms with E-state index in [0.29, 0.717) is 24.2 Å². The minimum absolute atomic E-state index is 0.0208. The summed E-state index contributed by atoms with van der Waals surface area (Å²) in [5.41, 5.74) is 0.945. The minimum atomic E-state index is -0.529. The maximum Gasteiger partial charge on any atom is 0.274 e. The van der Waals surface area contributed by atoms with Crippen LogP contribution in [-0.2, 0) is 13.1 Å². The topological polar surface area (TPSA) is 67.5 Å². The van der Waals surface area contributed by atoms with Gasteiger partial charge in [-0.1, -0.05) is 17.7 Å². The number of hydrogen-bond donors (Lipinski definition) is 1. The SMILES string of the molecule is CSc1cn(Cc2ccc(F)c(Cl)c2)c(=O)c2c(O)c3n(c12)CCN(C)C3=O.